The normalized spacial score (nSPS) is 10.9. The van der Waals surface area contributed by atoms with Crippen LogP contribution >= 0.6 is 0 Å². The number of carbonyl (C=O) groups is 1. The molecule has 1 amide bonds. The number of rotatable bonds is 3. The van der Waals surface area contributed by atoms with E-state index in [1.54, 1.807) is 24.4 Å². The van der Waals surface area contributed by atoms with Gasteiger partial charge < -0.3 is 11.1 Å². The number of carbonyl (C=O) groups excluding carboxylic acids is 1. The van der Waals surface area contributed by atoms with Crippen LogP contribution in [0, 0.1) is 12.7 Å². The van der Waals surface area contributed by atoms with Gasteiger partial charge in [-0.2, -0.15) is 5.10 Å². The third-order valence-corrected chi connectivity index (χ3v) is 4.12. The number of nitrogens with zero attached hydrogens (tertiary/aromatic N) is 3. The van der Waals surface area contributed by atoms with Crippen molar-refractivity contribution < 1.29 is 9.18 Å². The van der Waals surface area contributed by atoms with Crippen LogP contribution in [0.4, 0.5) is 16.0 Å². The van der Waals surface area contributed by atoms with E-state index in [1.807, 2.05) is 13.0 Å². The molecule has 3 heterocycles. The lowest BCUT2D eigenvalue weighted by Crippen LogP contribution is -2.13. The Morgan fingerprint density at radius 2 is 2.07 bits per heavy atom. The second-order valence-corrected chi connectivity index (χ2v) is 6.00. The minimum absolute atomic E-state index is 0.172. The average Bonchev–Trinajstić information content (AvgIpc) is 3.07. The van der Waals surface area contributed by atoms with E-state index in [4.69, 9.17) is 5.73 Å². The zero-order valence-corrected chi connectivity index (χ0v) is 14.3. The van der Waals surface area contributed by atoms with Crippen molar-refractivity contribution in [2.45, 2.75) is 6.92 Å². The molecule has 4 aromatic rings. The summed E-state index contributed by atoms with van der Waals surface area (Å²) in [7, 11) is 0. The number of hydrogen-bond acceptors (Lipinski definition) is 5. The summed E-state index contributed by atoms with van der Waals surface area (Å²) in [5.74, 6) is -0.382. The maximum absolute atomic E-state index is 14.7. The van der Waals surface area contributed by atoms with Gasteiger partial charge in [0, 0.05) is 23.0 Å². The number of aromatic nitrogens is 4. The van der Waals surface area contributed by atoms with Gasteiger partial charge in [-0.15, -0.1) is 0 Å². The smallest absolute Gasteiger partial charge is 0.256 e. The minimum Gasteiger partial charge on any atom is -0.383 e. The lowest BCUT2D eigenvalue weighted by atomic mass is 10.0. The van der Waals surface area contributed by atoms with Gasteiger partial charge in [-0.3, -0.25) is 9.89 Å². The van der Waals surface area contributed by atoms with E-state index >= 15 is 0 Å². The van der Waals surface area contributed by atoms with Gasteiger partial charge in [-0.1, -0.05) is 6.07 Å². The van der Waals surface area contributed by atoms with Gasteiger partial charge in [0.1, 0.15) is 23.1 Å². The van der Waals surface area contributed by atoms with E-state index in [0.717, 1.165) is 11.8 Å². The van der Waals surface area contributed by atoms with E-state index in [-0.39, 0.29) is 16.9 Å². The van der Waals surface area contributed by atoms with Gasteiger partial charge in [0.2, 0.25) is 0 Å². The molecule has 3 aromatic heterocycles. The second-order valence-electron chi connectivity index (χ2n) is 6.00. The fourth-order valence-corrected chi connectivity index (χ4v) is 2.84. The molecule has 0 atom stereocenters. The number of nitrogens with two attached hydrogens (primary N) is 1. The average molecular weight is 362 g/mol. The highest BCUT2D eigenvalue weighted by atomic mass is 19.1. The third kappa shape index (κ3) is 3.08. The zero-order chi connectivity index (χ0) is 19.0. The quantitative estimate of drug-likeness (QED) is 0.518. The maximum Gasteiger partial charge on any atom is 0.256 e. The SMILES string of the molecule is Cc1cccc(NC(=O)c2ccc(-c3n[nH]c4ccnc(N)c34)c(F)c2)n1. The lowest BCUT2D eigenvalue weighted by molar-refractivity contribution is 0.102. The van der Waals surface area contributed by atoms with Gasteiger partial charge in [0.15, 0.2) is 0 Å². The molecular formula is C19H15FN6O. The number of nitrogen functional groups attached to an aromatic ring is 1. The molecule has 134 valence electrons. The predicted octanol–water partition coefficient (Wildman–Crippen LogP) is 3.30. The highest BCUT2D eigenvalue weighted by molar-refractivity contribution is 6.05. The van der Waals surface area contributed by atoms with Gasteiger partial charge in [-0.05, 0) is 43.3 Å². The van der Waals surface area contributed by atoms with Crippen molar-refractivity contribution >= 4 is 28.4 Å². The van der Waals surface area contributed by atoms with E-state index in [2.05, 4.69) is 25.5 Å². The van der Waals surface area contributed by atoms with Crippen LogP contribution in [-0.2, 0) is 0 Å². The molecule has 27 heavy (non-hydrogen) atoms. The summed E-state index contributed by atoms with van der Waals surface area (Å²) in [5.41, 5.74) is 8.07. The van der Waals surface area contributed by atoms with Crippen molar-refractivity contribution in [3.8, 4) is 11.3 Å². The standard InChI is InChI=1S/C19H15FN6O/c1-10-3-2-4-15(23-10)24-19(27)11-5-6-12(13(20)9-11)17-16-14(25-26-17)7-8-22-18(16)21/h2-9H,1H3,(H2,21,22)(H,25,26)(H,23,24,27). The number of H-pyrrole nitrogens is 1. The minimum atomic E-state index is -0.587. The van der Waals surface area contributed by atoms with Crippen LogP contribution in [0.2, 0.25) is 0 Å². The first-order valence-electron chi connectivity index (χ1n) is 8.16. The van der Waals surface area contributed by atoms with Crippen LogP contribution in [0.15, 0.2) is 48.7 Å². The molecule has 0 bridgehead atoms. The molecule has 0 saturated heterocycles. The van der Waals surface area contributed by atoms with E-state index < -0.39 is 11.7 Å². The summed E-state index contributed by atoms with van der Waals surface area (Å²) in [5, 5.41) is 10.1. The lowest BCUT2D eigenvalue weighted by Gasteiger charge is -2.07. The molecule has 7 nitrogen and oxygen atoms in total. The summed E-state index contributed by atoms with van der Waals surface area (Å²) in [6.45, 7) is 1.82. The van der Waals surface area contributed by atoms with Crippen molar-refractivity contribution in [3.05, 3.63) is 65.7 Å². The number of pyridine rings is 2. The fraction of sp³-hybridized carbons (Fsp3) is 0.0526. The number of aromatic amines is 1. The molecule has 0 aliphatic carbocycles. The van der Waals surface area contributed by atoms with Gasteiger partial charge in [0.25, 0.3) is 5.91 Å². The number of benzene rings is 1. The summed E-state index contributed by atoms with van der Waals surface area (Å²) < 4.78 is 14.7. The number of anilines is 2. The number of halogens is 1. The summed E-state index contributed by atoms with van der Waals surface area (Å²) in [6, 6.07) is 11.2. The Labute approximate surface area is 153 Å². The molecule has 0 radical (unpaired) electrons. The van der Waals surface area contributed by atoms with Crippen molar-refractivity contribution in [1.82, 2.24) is 20.2 Å². The van der Waals surface area contributed by atoms with Crippen LogP contribution in [0.5, 0.6) is 0 Å². The largest absolute Gasteiger partial charge is 0.383 e. The van der Waals surface area contributed by atoms with Crippen LogP contribution in [0.3, 0.4) is 0 Å². The highest BCUT2D eigenvalue weighted by Gasteiger charge is 2.17. The molecule has 0 unspecified atom stereocenters. The number of hydrogen-bond donors (Lipinski definition) is 3. The predicted molar refractivity (Wildman–Crippen MR) is 101 cm³/mol. The van der Waals surface area contributed by atoms with Crippen molar-refractivity contribution in [3.63, 3.8) is 0 Å². The molecule has 0 saturated carbocycles. The first-order chi connectivity index (χ1) is 13.0. The molecule has 0 aliphatic rings. The molecule has 4 N–H and O–H groups in total. The molecule has 0 aliphatic heterocycles. The van der Waals surface area contributed by atoms with E-state index in [0.29, 0.717) is 22.4 Å². The number of amides is 1. The molecule has 1 aromatic carbocycles. The van der Waals surface area contributed by atoms with E-state index in [9.17, 15) is 9.18 Å². The molecular weight excluding hydrogens is 347 g/mol. The topological polar surface area (TPSA) is 110 Å². The summed E-state index contributed by atoms with van der Waals surface area (Å²) in [4.78, 5) is 20.6. The Morgan fingerprint density at radius 1 is 1.22 bits per heavy atom. The first-order valence-corrected chi connectivity index (χ1v) is 8.16. The maximum atomic E-state index is 14.7. The van der Waals surface area contributed by atoms with Gasteiger partial charge >= 0.3 is 0 Å². The Bertz CT molecular complexity index is 1170. The van der Waals surface area contributed by atoms with Crippen molar-refractivity contribution in [2.24, 2.45) is 0 Å². The Morgan fingerprint density at radius 3 is 2.85 bits per heavy atom. The summed E-state index contributed by atoms with van der Waals surface area (Å²) in [6.07, 6.45) is 1.54. The Hall–Kier alpha value is -3.81. The fourth-order valence-electron chi connectivity index (χ4n) is 2.84. The molecule has 8 heteroatoms. The summed E-state index contributed by atoms with van der Waals surface area (Å²) >= 11 is 0. The third-order valence-electron chi connectivity index (χ3n) is 4.12. The number of nitrogens with one attached hydrogen (secondary N) is 2. The van der Waals surface area contributed by atoms with Crippen molar-refractivity contribution in [1.29, 1.82) is 0 Å². The Kier molecular flexibility index (Phi) is 4.00. The number of fused-ring (bicyclic) bond motifs is 1. The van der Waals surface area contributed by atoms with Crippen LogP contribution in [-0.4, -0.2) is 26.1 Å². The van der Waals surface area contributed by atoms with Gasteiger partial charge in [0.05, 0.1) is 10.9 Å². The van der Waals surface area contributed by atoms with Gasteiger partial charge in [-0.25, -0.2) is 14.4 Å². The number of aryl methyl sites for hydroxylation is 1. The first kappa shape index (κ1) is 16.6. The highest BCUT2D eigenvalue weighted by Crippen LogP contribution is 2.31. The van der Waals surface area contributed by atoms with E-state index in [1.165, 1.54) is 12.1 Å². The van der Waals surface area contributed by atoms with Crippen molar-refractivity contribution in [2.75, 3.05) is 11.1 Å². The molecule has 0 spiro atoms. The van der Waals surface area contributed by atoms with Crippen LogP contribution in [0.1, 0.15) is 16.1 Å². The Balaban J connectivity index is 1.67. The van der Waals surface area contributed by atoms with Crippen LogP contribution < -0.4 is 11.1 Å². The second kappa shape index (κ2) is 6.49. The monoisotopic (exact) mass is 362 g/mol. The molecule has 0 fully saturated rings. The molecule has 4 rings (SSSR count). The zero-order valence-electron chi connectivity index (χ0n) is 14.3. The van der Waals surface area contributed by atoms with Crippen LogP contribution in [0.25, 0.3) is 22.2 Å².